The van der Waals surface area contributed by atoms with Crippen LogP contribution in [0.5, 0.6) is 5.75 Å². The first-order chi connectivity index (χ1) is 13.6. The Hall–Kier alpha value is -3.35. The van der Waals surface area contributed by atoms with Crippen molar-refractivity contribution in [2.45, 2.75) is 25.8 Å². The predicted molar refractivity (Wildman–Crippen MR) is 105 cm³/mol. The van der Waals surface area contributed by atoms with Crippen LogP contribution in [0, 0.1) is 6.92 Å². The van der Waals surface area contributed by atoms with Gasteiger partial charge in [0.25, 0.3) is 0 Å². The average Bonchev–Trinajstić information content (AvgIpc) is 3.39. The number of hydrogen-bond acceptors (Lipinski definition) is 5. The van der Waals surface area contributed by atoms with Crippen LogP contribution in [0.1, 0.15) is 30.3 Å². The number of methoxy groups -OCH3 is 1. The van der Waals surface area contributed by atoms with Gasteiger partial charge >= 0.3 is 6.03 Å². The third-order valence-corrected chi connectivity index (χ3v) is 4.89. The van der Waals surface area contributed by atoms with Crippen molar-refractivity contribution in [3.63, 3.8) is 0 Å². The number of carbonyl (C=O) groups excluding carboxylic acids is 1. The Bertz CT molecular complexity index is 951. The first kappa shape index (κ1) is 18.0. The molecule has 0 bridgehead atoms. The largest absolute Gasteiger partial charge is 0.497 e. The highest BCUT2D eigenvalue weighted by molar-refractivity contribution is 5.89. The van der Waals surface area contributed by atoms with Gasteiger partial charge in [-0.3, -0.25) is 0 Å². The summed E-state index contributed by atoms with van der Waals surface area (Å²) in [6.45, 7) is 2.67. The standard InChI is InChI=1S/C21H22N4O3/c1-14-5-9-16(10-6-14)22-21(26)25-13-3-4-18(25)20-23-19(24-28-20)15-7-11-17(27-2)12-8-15/h5-12,18H,3-4,13H2,1-2H3,(H,22,26)/t18-/m1/s1. The van der Waals surface area contributed by atoms with E-state index in [0.29, 0.717) is 18.3 Å². The first-order valence-electron chi connectivity index (χ1n) is 9.26. The summed E-state index contributed by atoms with van der Waals surface area (Å²) in [5.74, 6) is 1.73. The molecule has 1 N–H and O–H groups in total. The van der Waals surface area contributed by atoms with Gasteiger partial charge in [-0.05, 0) is 56.2 Å². The maximum Gasteiger partial charge on any atom is 0.322 e. The minimum absolute atomic E-state index is 0.157. The molecule has 7 heteroatoms. The monoisotopic (exact) mass is 378 g/mol. The lowest BCUT2D eigenvalue weighted by Gasteiger charge is -2.22. The molecule has 144 valence electrons. The summed E-state index contributed by atoms with van der Waals surface area (Å²) in [6, 6.07) is 14.8. The fraction of sp³-hybridized carbons (Fsp3) is 0.286. The van der Waals surface area contributed by atoms with E-state index in [4.69, 9.17) is 9.26 Å². The van der Waals surface area contributed by atoms with Crippen molar-refractivity contribution in [3.8, 4) is 17.1 Å². The SMILES string of the molecule is COc1ccc(-c2noc([C@H]3CCCN3C(=O)Nc3ccc(C)cc3)n2)cc1. The number of nitrogens with one attached hydrogen (secondary N) is 1. The maximum atomic E-state index is 12.7. The van der Waals surface area contributed by atoms with Crippen molar-refractivity contribution in [2.24, 2.45) is 0 Å². The Morgan fingerprint density at radius 3 is 2.64 bits per heavy atom. The number of carbonyl (C=O) groups is 1. The van der Waals surface area contributed by atoms with Crippen molar-refractivity contribution in [1.29, 1.82) is 0 Å². The van der Waals surface area contributed by atoms with E-state index in [-0.39, 0.29) is 12.1 Å². The summed E-state index contributed by atoms with van der Waals surface area (Å²) in [4.78, 5) is 19.0. The highest BCUT2D eigenvalue weighted by Gasteiger charge is 2.34. The van der Waals surface area contributed by atoms with Gasteiger partial charge in [-0.2, -0.15) is 4.98 Å². The molecule has 1 fully saturated rings. The van der Waals surface area contributed by atoms with E-state index in [9.17, 15) is 4.79 Å². The zero-order valence-electron chi connectivity index (χ0n) is 15.9. The van der Waals surface area contributed by atoms with Crippen LogP contribution in [0.4, 0.5) is 10.5 Å². The van der Waals surface area contributed by atoms with Crippen molar-refractivity contribution in [1.82, 2.24) is 15.0 Å². The molecular formula is C21H22N4O3. The Balaban J connectivity index is 1.49. The van der Waals surface area contributed by atoms with Crippen LogP contribution in [-0.2, 0) is 0 Å². The summed E-state index contributed by atoms with van der Waals surface area (Å²) in [5, 5.41) is 7.03. The van der Waals surface area contributed by atoms with E-state index < -0.39 is 0 Å². The Morgan fingerprint density at radius 2 is 1.93 bits per heavy atom. The van der Waals surface area contributed by atoms with Crippen LogP contribution < -0.4 is 10.1 Å². The zero-order valence-corrected chi connectivity index (χ0v) is 15.9. The normalized spacial score (nSPS) is 16.2. The molecule has 1 aliphatic heterocycles. The second kappa shape index (κ2) is 7.72. The van der Waals surface area contributed by atoms with Crippen molar-refractivity contribution >= 4 is 11.7 Å². The van der Waals surface area contributed by atoms with Crippen LogP contribution in [0.25, 0.3) is 11.4 Å². The Kier molecular flexibility index (Phi) is 4.97. The summed E-state index contributed by atoms with van der Waals surface area (Å²) >= 11 is 0. The highest BCUT2D eigenvalue weighted by atomic mass is 16.5. The van der Waals surface area contributed by atoms with E-state index in [1.54, 1.807) is 12.0 Å². The van der Waals surface area contributed by atoms with Gasteiger partial charge in [-0.1, -0.05) is 22.9 Å². The molecule has 28 heavy (non-hydrogen) atoms. The molecule has 1 aromatic heterocycles. The molecule has 1 saturated heterocycles. The van der Waals surface area contributed by atoms with Crippen LogP contribution in [0.15, 0.2) is 53.1 Å². The van der Waals surface area contributed by atoms with Gasteiger partial charge in [0.1, 0.15) is 11.8 Å². The predicted octanol–water partition coefficient (Wildman–Crippen LogP) is 4.42. The van der Waals surface area contributed by atoms with Gasteiger partial charge < -0.3 is 19.5 Å². The molecule has 7 nitrogen and oxygen atoms in total. The van der Waals surface area contributed by atoms with E-state index in [1.165, 1.54) is 0 Å². The number of anilines is 1. The molecule has 1 aliphatic rings. The number of ether oxygens (including phenoxy) is 1. The molecule has 4 rings (SSSR count). The average molecular weight is 378 g/mol. The summed E-state index contributed by atoms with van der Waals surface area (Å²) < 4.78 is 10.7. The zero-order chi connectivity index (χ0) is 19.5. The number of nitrogens with zero attached hydrogens (tertiary/aromatic N) is 3. The molecule has 1 atom stereocenters. The van der Waals surface area contributed by atoms with Crippen molar-refractivity contribution in [2.75, 3.05) is 19.0 Å². The molecule has 0 unspecified atom stereocenters. The number of benzene rings is 2. The van der Waals surface area contributed by atoms with E-state index in [0.717, 1.165) is 35.4 Å². The summed E-state index contributed by atoms with van der Waals surface area (Å²) in [6.07, 6.45) is 1.69. The Morgan fingerprint density at radius 1 is 1.18 bits per heavy atom. The smallest absolute Gasteiger partial charge is 0.322 e. The van der Waals surface area contributed by atoms with Gasteiger partial charge in [0.2, 0.25) is 11.7 Å². The summed E-state index contributed by atoms with van der Waals surface area (Å²) in [5.41, 5.74) is 2.75. The fourth-order valence-corrected chi connectivity index (χ4v) is 3.33. The lowest BCUT2D eigenvalue weighted by Crippen LogP contribution is -2.34. The molecule has 2 amide bonds. The molecule has 0 radical (unpaired) electrons. The number of likely N-dealkylation sites (tertiary alicyclic amines) is 1. The second-order valence-electron chi connectivity index (χ2n) is 6.83. The molecule has 2 heterocycles. The molecule has 0 spiro atoms. The van der Waals surface area contributed by atoms with Gasteiger partial charge in [-0.25, -0.2) is 4.79 Å². The first-order valence-corrected chi connectivity index (χ1v) is 9.26. The molecule has 2 aromatic carbocycles. The maximum absolute atomic E-state index is 12.7. The molecular weight excluding hydrogens is 356 g/mol. The number of hydrogen-bond donors (Lipinski definition) is 1. The number of amides is 2. The number of aromatic nitrogens is 2. The minimum atomic E-state index is -0.218. The quantitative estimate of drug-likeness (QED) is 0.727. The molecule has 3 aromatic rings. The van der Waals surface area contributed by atoms with E-state index in [1.807, 2.05) is 55.5 Å². The van der Waals surface area contributed by atoms with Gasteiger partial charge in [0.15, 0.2) is 0 Å². The minimum Gasteiger partial charge on any atom is -0.497 e. The van der Waals surface area contributed by atoms with Crippen LogP contribution in [-0.4, -0.2) is 34.7 Å². The third-order valence-electron chi connectivity index (χ3n) is 4.89. The van der Waals surface area contributed by atoms with E-state index >= 15 is 0 Å². The van der Waals surface area contributed by atoms with Crippen molar-refractivity contribution in [3.05, 3.63) is 60.0 Å². The van der Waals surface area contributed by atoms with Crippen LogP contribution in [0.2, 0.25) is 0 Å². The fourth-order valence-electron chi connectivity index (χ4n) is 3.33. The lowest BCUT2D eigenvalue weighted by atomic mass is 10.2. The Labute approximate surface area is 163 Å². The van der Waals surface area contributed by atoms with Gasteiger partial charge in [-0.15, -0.1) is 0 Å². The summed E-state index contributed by atoms with van der Waals surface area (Å²) in [7, 11) is 1.62. The van der Waals surface area contributed by atoms with Gasteiger partial charge in [0, 0.05) is 17.8 Å². The second-order valence-corrected chi connectivity index (χ2v) is 6.83. The van der Waals surface area contributed by atoms with Crippen LogP contribution in [0.3, 0.4) is 0 Å². The lowest BCUT2D eigenvalue weighted by molar-refractivity contribution is 0.193. The molecule has 0 aliphatic carbocycles. The third kappa shape index (κ3) is 3.69. The number of aryl methyl sites for hydroxylation is 1. The van der Waals surface area contributed by atoms with Crippen molar-refractivity contribution < 1.29 is 14.1 Å². The topological polar surface area (TPSA) is 80.5 Å². The number of rotatable bonds is 4. The number of urea groups is 1. The van der Waals surface area contributed by atoms with Crippen LogP contribution >= 0.6 is 0 Å². The van der Waals surface area contributed by atoms with Gasteiger partial charge in [0.05, 0.1) is 7.11 Å². The van der Waals surface area contributed by atoms with E-state index in [2.05, 4.69) is 15.5 Å². The molecule has 0 saturated carbocycles. The highest BCUT2D eigenvalue weighted by Crippen LogP contribution is 2.32.